The zero-order valence-corrected chi connectivity index (χ0v) is 8.82. The van der Waals surface area contributed by atoms with Gasteiger partial charge >= 0.3 is 0 Å². The van der Waals surface area contributed by atoms with E-state index < -0.39 is 0 Å². The Labute approximate surface area is 88.5 Å². The average Bonchev–Trinajstić information content (AvgIpc) is 2.20. The number of nitrogens with zero attached hydrogens (tertiary/aromatic N) is 1. The molecular formula is C9H17N3O3. The number of ether oxygens (including phenoxy) is 1. The fourth-order valence-electron chi connectivity index (χ4n) is 1.60. The van der Waals surface area contributed by atoms with E-state index in [9.17, 15) is 4.79 Å². The summed E-state index contributed by atoms with van der Waals surface area (Å²) in [5.41, 5.74) is 4.94. The number of nitrogens with one attached hydrogen (secondary N) is 1. The van der Waals surface area contributed by atoms with Crippen molar-refractivity contribution in [2.24, 2.45) is 10.9 Å². The molecule has 0 aliphatic heterocycles. The summed E-state index contributed by atoms with van der Waals surface area (Å²) in [7, 11) is 1.62. The van der Waals surface area contributed by atoms with Crippen LogP contribution in [0.25, 0.3) is 0 Å². The third-order valence-corrected chi connectivity index (χ3v) is 2.78. The molecule has 4 N–H and O–H groups in total. The van der Waals surface area contributed by atoms with Crippen LogP contribution in [0.2, 0.25) is 0 Å². The van der Waals surface area contributed by atoms with Crippen molar-refractivity contribution in [1.82, 2.24) is 5.32 Å². The fourth-order valence-corrected chi connectivity index (χ4v) is 1.60. The van der Waals surface area contributed by atoms with E-state index in [2.05, 4.69) is 10.5 Å². The van der Waals surface area contributed by atoms with Gasteiger partial charge in [-0.15, -0.1) is 0 Å². The summed E-state index contributed by atoms with van der Waals surface area (Å²) in [5.74, 6) is -0.147. The lowest BCUT2D eigenvalue weighted by Gasteiger charge is -2.39. The molecular weight excluding hydrogens is 198 g/mol. The van der Waals surface area contributed by atoms with E-state index in [4.69, 9.17) is 15.7 Å². The molecule has 6 nitrogen and oxygen atoms in total. The standard InChI is InChI=1S/C9H17N3O3/c1-15-9(3-2-4-9)5-8(13)11-6-7(10)12-14/h14H,2-6H2,1H3,(H2,10,12)(H,11,13). The summed E-state index contributed by atoms with van der Waals surface area (Å²) in [6, 6.07) is 0. The van der Waals surface area contributed by atoms with Crippen molar-refractivity contribution in [3.05, 3.63) is 0 Å². The predicted molar refractivity (Wildman–Crippen MR) is 54.6 cm³/mol. The molecule has 1 saturated carbocycles. The maximum atomic E-state index is 11.4. The smallest absolute Gasteiger partial charge is 0.223 e. The Morgan fingerprint density at radius 2 is 2.33 bits per heavy atom. The Morgan fingerprint density at radius 1 is 1.67 bits per heavy atom. The molecule has 0 saturated heterocycles. The molecule has 0 atom stereocenters. The second kappa shape index (κ2) is 4.97. The SMILES string of the molecule is COC1(CC(=O)NCC(N)=NO)CCC1. The molecule has 1 rings (SSSR count). The normalized spacial score (nSPS) is 19.4. The highest BCUT2D eigenvalue weighted by atomic mass is 16.5. The molecule has 0 spiro atoms. The first-order valence-corrected chi connectivity index (χ1v) is 4.90. The van der Waals surface area contributed by atoms with Crippen LogP contribution in [-0.4, -0.2) is 36.2 Å². The van der Waals surface area contributed by atoms with Gasteiger partial charge in [-0.3, -0.25) is 4.79 Å². The van der Waals surface area contributed by atoms with Crippen molar-refractivity contribution >= 4 is 11.7 Å². The van der Waals surface area contributed by atoms with Crippen LogP contribution in [0.5, 0.6) is 0 Å². The molecule has 0 radical (unpaired) electrons. The second-order valence-electron chi connectivity index (χ2n) is 3.79. The summed E-state index contributed by atoms with van der Waals surface area (Å²) >= 11 is 0. The Kier molecular flexibility index (Phi) is 3.90. The van der Waals surface area contributed by atoms with Gasteiger partial charge in [0.1, 0.15) is 0 Å². The predicted octanol–water partition coefficient (Wildman–Crippen LogP) is -0.192. The molecule has 0 aromatic carbocycles. The van der Waals surface area contributed by atoms with Crippen molar-refractivity contribution in [2.45, 2.75) is 31.3 Å². The van der Waals surface area contributed by atoms with Crippen LogP contribution in [-0.2, 0) is 9.53 Å². The zero-order chi connectivity index (χ0) is 11.3. The van der Waals surface area contributed by atoms with Crippen molar-refractivity contribution < 1.29 is 14.7 Å². The number of amides is 1. The second-order valence-corrected chi connectivity index (χ2v) is 3.79. The topological polar surface area (TPSA) is 96.9 Å². The summed E-state index contributed by atoms with van der Waals surface area (Å²) in [5, 5.41) is 13.6. The fraction of sp³-hybridized carbons (Fsp3) is 0.778. The van der Waals surface area contributed by atoms with Crippen molar-refractivity contribution in [3.63, 3.8) is 0 Å². The Morgan fingerprint density at radius 3 is 2.73 bits per heavy atom. The molecule has 15 heavy (non-hydrogen) atoms. The molecule has 0 aromatic heterocycles. The zero-order valence-electron chi connectivity index (χ0n) is 8.82. The maximum Gasteiger partial charge on any atom is 0.223 e. The van der Waals surface area contributed by atoms with Crippen LogP contribution < -0.4 is 11.1 Å². The van der Waals surface area contributed by atoms with E-state index >= 15 is 0 Å². The molecule has 0 aromatic rings. The highest BCUT2D eigenvalue weighted by Crippen LogP contribution is 2.37. The largest absolute Gasteiger partial charge is 0.409 e. The van der Waals surface area contributed by atoms with E-state index in [1.165, 1.54) is 0 Å². The van der Waals surface area contributed by atoms with Gasteiger partial charge in [0, 0.05) is 7.11 Å². The lowest BCUT2D eigenvalue weighted by atomic mass is 9.77. The van der Waals surface area contributed by atoms with E-state index in [1.54, 1.807) is 7.11 Å². The molecule has 1 aliphatic rings. The van der Waals surface area contributed by atoms with Gasteiger partial charge in [-0.2, -0.15) is 0 Å². The Balaban J connectivity index is 2.29. The Hall–Kier alpha value is -1.30. The van der Waals surface area contributed by atoms with E-state index in [0.717, 1.165) is 19.3 Å². The molecule has 1 aliphatic carbocycles. The molecule has 0 bridgehead atoms. The quantitative estimate of drug-likeness (QED) is 0.256. The average molecular weight is 215 g/mol. The van der Waals surface area contributed by atoms with Gasteiger partial charge in [-0.1, -0.05) is 5.16 Å². The van der Waals surface area contributed by atoms with Crippen molar-refractivity contribution in [1.29, 1.82) is 0 Å². The molecule has 0 heterocycles. The number of hydrogen-bond acceptors (Lipinski definition) is 4. The first-order valence-electron chi connectivity index (χ1n) is 4.90. The van der Waals surface area contributed by atoms with Crippen LogP contribution >= 0.6 is 0 Å². The van der Waals surface area contributed by atoms with Crippen LogP contribution in [0.4, 0.5) is 0 Å². The van der Waals surface area contributed by atoms with Gasteiger partial charge in [0.2, 0.25) is 5.91 Å². The lowest BCUT2D eigenvalue weighted by molar-refractivity contribution is -0.133. The number of rotatable bonds is 5. The highest BCUT2D eigenvalue weighted by Gasteiger charge is 2.38. The van der Waals surface area contributed by atoms with Crippen molar-refractivity contribution in [3.8, 4) is 0 Å². The third kappa shape index (κ3) is 3.09. The van der Waals surface area contributed by atoms with Crippen LogP contribution in [0.3, 0.4) is 0 Å². The van der Waals surface area contributed by atoms with Gasteiger partial charge in [-0.25, -0.2) is 0 Å². The first kappa shape index (κ1) is 11.8. The van der Waals surface area contributed by atoms with E-state index in [1.807, 2.05) is 0 Å². The minimum atomic E-state index is -0.283. The van der Waals surface area contributed by atoms with E-state index in [-0.39, 0.29) is 23.9 Å². The molecule has 1 fully saturated rings. The van der Waals surface area contributed by atoms with Gasteiger partial charge in [0.25, 0.3) is 0 Å². The van der Waals surface area contributed by atoms with Crippen LogP contribution in [0.1, 0.15) is 25.7 Å². The maximum absolute atomic E-state index is 11.4. The van der Waals surface area contributed by atoms with E-state index in [0.29, 0.717) is 6.42 Å². The lowest BCUT2D eigenvalue weighted by Crippen LogP contribution is -2.45. The van der Waals surface area contributed by atoms with Gasteiger partial charge in [0.15, 0.2) is 5.84 Å². The highest BCUT2D eigenvalue weighted by molar-refractivity contribution is 5.87. The van der Waals surface area contributed by atoms with Crippen molar-refractivity contribution in [2.75, 3.05) is 13.7 Å². The molecule has 6 heteroatoms. The number of carbonyl (C=O) groups excluding carboxylic acids is 1. The molecule has 1 amide bonds. The number of nitrogens with two attached hydrogens (primary N) is 1. The summed E-state index contributed by atoms with van der Waals surface area (Å²) in [6.45, 7) is 0.0646. The molecule has 0 unspecified atom stereocenters. The summed E-state index contributed by atoms with van der Waals surface area (Å²) in [6.07, 6.45) is 3.27. The van der Waals surface area contributed by atoms with Gasteiger partial charge in [0.05, 0.1) is 18.6 Å². The minimum Gasteiger partial charge on any atom is -0.409 e. The van der Waals surface area contributed by atoms with Gasteiger partial charge in [-0.05, 0) is 19.3 Å². The first-order chi connectivity index (χ1) is 7.12. The third-order valence-electron chi connectivity index (χ3n) is 2.78. The number of oxime groups is 1. The van der Waals surface area contributed by atoms with Crippen LogP contribution in [0.15, 0.2) is 5.16 Å². The Bertz CT molecular complexity index is 256. The minimum absolute atomic E-state index is 0.0107. The monoisotopic (exact) mass is 215 g/mol. The number of hydrogen-bond donors (Lipinski definition) is 3. The molecule has 86 valence electrons. The number of amidine groups is 1. The van der Waals surface area contributed by atoms with Gasteiger partial charge < -0.3 is 21.0 Å². The van der Waals surface area contributed by atoms with Crippen LogP contribution in [0, 0.1) is 0 Å². The number of methoxy groups -OCH3 is 1. The number of carbonyl (C=O) groups is 1. The summed E-state index contributed by atoms with van der Waals surface area (Å²) < 4.78 is 5.31. The summed E-state index contributed by atoms with van der Waals surface area (Å²) in [4.78, 5) is 11.4.